The molecule has 0 saturated carbocycles. The summed E-state index contributed by atoms with van der Waals surface area (Å²) in [4.78, 5) is 12.4. The van der Waals surface area contributed by atoms with E-state index < -0.39 is 0 Å². The molecule has 23 heavy (non-hydrogen) atoms. The Morgan fingerprint density at radius 3 is 2.78 bits per heavy atom. The molecule has 0 atom stereocenters. The normalized spacial score (nSPS) is 11.6. The first kappa shape index (κ1) is 15.1. The number of hydrogen-bond donors (Lipinski definition) is 2. The van der Waals surface area contributed by atoms with Gasteiger partial charge in [-0.3, -0.25) is 4.79 Å². The number of carbonyl (C=O) groups is 1. The summed E-state index contributed by atoms with van der Waals surface area (Å²) in [7, 11) is 0. The van der Waals surface area contributed by atoms with Gasteiger partial charge in [0.2, 0.25) is 5.82 Å². The molecule has 0 radical (unpaired) electrons. The number of allylic oxidation sites excluding steroid dienone is 1. The number of thiophene rings is 1. The Morgan fingerprint density at radius 1 is 1.30 bits per heavy atom. The first-order valence-electron chi connectivity index (χ1n) is 6.93. The van der Waals surface area contributed by atoms with Crippen LogP contribution in [0.2, 0.25) is 0 Å². The van der Waals surface area contributed by atoms with E-state index in [2.05, 4.69) is 20.6 Å². The van der Waals surface area contributed by atoms with Gasteiger partial charge in [-0.1, -0.05) is 29.8 Å². The quantitative estimate of drug-likeness (QED) is 0.427. The van der Waals surface area contributed by atoms with Gasteiger partial charge in [0, 0.05) is 17.0 Å². The number of aliphatic hydroxyl groups is 1. The van der Waals surface area contributed by atoms with Crippen LogP contribution in [0.15, 0.2) is 41.1 Å². The van der Waals surface area contributed by atoms with Crippen molar-refractivity contribution in [2.45, 2.75) is 13.3 Å². The van der Waals surface area contributed by atoms with Crippen molar-refractivity contribution in [2.24, 2.45) is 0 Å². The number of tetrazole rings is 1. The second-order valence-electron chi connectivity index (χ2n) is 5.10. The highest BCUT2D eigenvalue weighted by atomic mass is 32.1. The number of hydrogen-bond acceptors (Lipinski definition) is 6. The molecule has 3 aromatic rings. The van der Waals surface area contributed by atoms with Crippen molar-refractivity contribution in [1.82, 2.24) is 20.6 Å². The fourth-order valence-electron chi connectivity index (χ4n) is 2.14. The molecule has 0 fully saturated rings. The van der Waals surface area contributed by atoms with Crippen molar-refractivity contribution in [3.05, 3.63) is 69.2 Å². The molecule has 6 nitrogen and oxygen atoms in total. The van der Waals surface area contributed by atoms with Crippen LogP contribution in [0.5, 0.6) is 0 Å². The summed E-state index contributed by atoms with van der Waals surface area (Å²) in [6.45, 7) is 2.04. The summed E-state index contributed by atoms with van der Waals surface area (Å²) in [5, 5.41) is 26.4. The van der Waals surface area contributed by atoms with Crippen molar-refractivity contribution >= 4 is 22.9 Å². The molecule has 116 valence electrons. The molecular formula is C16H14N4O2S. The topological polar surface area (TPSA) is 91.8 Å². The van der Waals surface area contributed by atoms with Gasteiger partial charge in [0.25, 0.3) is 0 Å². The molecule has 2 heterocycles. The van der Waals surface area contributed by atoms with Crippen LogP contribution in [-0.4, -0.2) is 31.5 Å². The van der Waals surface area contributed by atoms with E-state index in [-0.39, 0.29) is 17.4 Å². The van der Waals surface area contributed by atoms with Crippen LogP contribution < -0.4 is 0 Å². The van der Waals surface area contributed by atoms with Gasteiger partial charge < -0.3 is 5.11 Å². The van der Waals surface area contributed by atoms with E-state index in [0.717, 1.165) is 17.2 Å². The van der Waals surface area contributed by atoms with Crippen LogP contribution >= 0.6 is 11.3 Å². The summed E-state index contributed by atoms with van der Waals surface area (Å²) in [6.07, 6.45) is 1.78. The molecule has 7 heteroatoms. The Kier molecular flexibility index (Phi) is 4.29. The maximum absolute atomic E-state index is 12.4. The Bertz CT molecular complexity index is 835. The van der Waals surface area contributed by atoms with Gasteiger partial charge in [-0.15, -0.1) is 10.2 Å². The van der Waals surface area contributed by atoms with Crippen LogP contribution in [0.25, 0.3) is 5.76 Å². The van der Waals surface area contributed by atoms with Gasteiger partial charge in [-0.05, 0) is 35.1 Å². The van der Waals surface area contributed by atoms with E-state index >= 15 is 0 Å². The molecule has 2 N–H and O–H groups in total. The number of aromatic nitrogens is 4. The molecule has 0 saturated heterocycles. The maximum Gasteiger partial charge on any atom is 0.239 e. The van der Waals surface area contributed by atoms with Gasteiger partial charge in [-0.2, -0.15) is 16.6 Å². The van der Waals surface area contributed by atoms with Crippen LogP contribution in [-0.2, 0) is 6.42 Å². The Labute approximate surface area is 136 Å². The molecule has 0 aliphatic rings. The van der Waals surface area contributed by atoms with Crippen LogP contribution in [0.4, 0.5) is 0 Å². The highest BCUT2D eigenvalue weighted by Gasteiger charge is 2.14. The van der Waals surface area contributed by atoms with E-state index in [9.17, 15) is 9.90 Å². The van der Waals surface area contributed by atoms with Crippen LogP contribution in [0.3, 0.4) is 0 Å². The van der Waals surface area contributed by atoms with E-state index in [4.69, 9.17) is 0 Å². The van der Waals surface area contributed by atoms with Crippen molar-refractivity contribution in [2.75, 3.05) is 0 Å². The van der Waals surface area contributed by atoms with Crippen molar-refractivity contribution in [3.8, 4) is 0 Å². The second-order valence-corrected chi connectivity index (χ2v) is 5.85. The molecule has 2 aromatic heterocycles. The van der Waals surface area contributed by atoms with E-state index in [0.29, 0.717) is 12.0 Å². The lowest BCUT2D eigenvalue weighted by Gasteiger charge is -2.03. The molecule has 3 rings (SSSR count). The zero-order chi connectivity index (χ0) is 16.2. The van der Waals surface area contributed by atoms with Crippen LogP contribution in [0.1, 0.15) is 32.9 Å². The molecule has 0 unspecified atom stereocenters. The maximum atomic E-state index is 12.4. The van der Waals surface area contributed by atoms with Gasteiger partial charge in [0.1, 0.15) is 0 Å². The number of ketones is 1. The zero-order valence-electron chi connectivity index (χ0n) is 12.4. The molecule has 1 aromatic carbocycles. The summed E-state index contributed by atoms with van der Waals surface area (Å²) in [5.74, 6) is -0.597. The minimum Gasteiger partial charge on any atom is -0.504 e. The lowest BCUT2D eigenvalue weighted by atomic mass is 10.0. The molecule has 0 aliphatic heterocycles. The van der Waals surface area contributed by atoms with Crippen molar-refractivity contribution in [3.63, 3.8) is 0 Å². The molecule has 0 amide bonds. The largest absolute Gasteiger partial charge is 0.504 e. The minimum absolute atomic E-state index is 0.00587. The second kappa shape index (κ2) is 6.53. The smallest absolute Gasteiger partial charge is 0.239 e. The van der Waals surface area contributed by atoms with Gasteiger partial charge in [0.15, 0.2) is 11.5 Å². The first-order valence-corrected chi connectivity index (χ1v) is 7.87. The number of carbonyl (C=O) groups excluding carboxylic acids is 1. The monoisotopic (exact) mass is 326 g/mol. The third-order valence-electron chi connectivity index (χ3n) is 3.37. The fraction of sp³-hybridized carbons (Fsp3) is 0.125. The van der Waals surface area contributed by atoms with Gasteiger partial charge in [0.05, 0.1) is 0 Å². The van der Waals surface area contributed by atoms with E-state index in [1.165, 1.54) is 16.9 Å². The lowest BCUT2D eigenvalue weighted by Crippen LogP contribution is -2.00. The molecule has 0 aliphatic carbocycles. The standard InChI is InChI=1S/C16H14N4O2S/c1-10-2-4-11(5-3-10)6-12-8-23-9-13(12)14(21)7-15(22)16-17-19-20-18-16/h2-5,7-9,22H,6H2,1H3,(H,17,18,19,20). The summed E-state index contributed by atoms with van der Waals surface area (Å²) in [5.41, 5.74) is 3.84. The molecular weight excluding hydrogens is 312 g/mol. The number of aromatic amines is 1. The Hall–Kier alpha value is -2.80. The fourth-order valence-corrected chi connectivity index (χ4v) is 2.99. The Morgan fingerprint density at radius 2 is 2.09 bits per heavy atom. The number of benzene rings is 1. The average molecular weight is 326 g/mol. The minimum atomic E-state index is -0.309. The molecule has 0 bridgehead atoms. The number of aryl methyl sites for hydroxylation is 1. The summed E-state index contributed by atoms with van der Waals surface area (Å²) in [6, 6.07) is 8.19. The summed E-state index contributed by atoms with van der Waals surface area (Å²) >= 11 is 1.46. The number of aliphatic hydroxyl groups excluding tert-OH is 1. The molecule has 0 spiro atoms. The highest BCUT2D eigenvalue weighted by Crippen LogP contribution is 2.21. The SMILES string of the molecule is Cc1ccc(Cc2cscc2C(=O)C=C(O)c2nn[nH]n2)cc1. The number of nitrogens with zero attached hydrogens (tertiary/aromatic N) is 3. The zero-order valence-corrected chi connectivity index (χ0v) is 13.2. The predicted molar refractivity (Wildman–Crippen MR) is 87.4 cm³/mol. The number of rotatable bonds is 5. The third-order valence-corrected chi connectivity index (χ3v) is 4.16. The predicted octanol–water partition coefficient (Wildman–Crippen LogP) is 2.94. The van der Waals surface area contributed by atoms with E-state index in [1.54, 1.807) is 5.38 Å². The van der Waals surface area contributed by atoms with Gasteiger partial charge >= 0.3 is 0 Å². The highest BCUT2D eigenvalue weighted by molar-refractivity contribution is 7.08. The van der Waals surface area contributed by atoms with Crippen molar-refractivity contribution < 1.29 is 9.90 Å². The van der Waals surface area contributed by atoms with Gasteiger partial charge in [-0.25, -0.2) is 0 Å². The third kappa shape index (κ3) is 3.51. The van der Waals surface area contributed by atoms with Crippen LogP contribution in [0, 0.1) is 6.92 Å². The van der Waals surface area contributed by atoms with Crippen molar-refractivity contribution in [1.29, 1.82) is 0 Å². The Balaban J connectivity index is 1.81. The van der Waals surface area contributed by atoms with E-state index in [1.807, 2.05) is 36.6 Å². The number of nitrogens with one attached hydrogen (secondary N) is 1. The lowest BCUT2D eigenvalue weighted by molar-refractivity contribution is 0.104. The first-order chi connectivity index (χ1) is 11.1. The average Bonchev–Trinajstić information content (AvgIpc) is 3.20. The summed E-state index contributed by atoms with van der Waals surface area (Å²) < 4.78 is 0. The number of H-pyrrole nitrogens is 1.